The van der Waals surface area contributed by atoms with Crippen molar-refractivity contribution < 1.29 is 9.90 Å². The number of anilines is 1. The van der Waals surface area contributed by atoms with Gasteiger partial charge in [-0.25, -0.2) is 9.97 Å². The lowest BCUT2D eigenvalue weighted by Gasteiger charge is -2.11. The van der Waals surface area contributed by atoms with Gasteiger partial charge in [-0.1, -0.05) is 24.3 Å². The Hall–Kier alpha value is -3.29. The minimum absolute atomic E-state index is 0.199. The zero-order chi connectivity index (χ0) is 17.2. The van der Waals surface area contributed by atoms with Gasteiger partial charge in [-0.05, 0) is 24.0 Å². The lowest BCUT2D eigenvalue weighted by Crippen LogP contribution is -2.20. The highest BCUT2D eigenvalue weighted by molar-refractivity contribution is 5.69. The second-order valence-corrected chi connectivity index (χ2v) is 6.00. The first kappa shape index (κ1) is 15.3. The average Bonchev–Trinajstić information content (AvgIpc) is 3.21. The van der Waals surface area contributed by atoms with Gasteiger partial charge in [-0.2, -0.15) is 0 Å². The van der Waals surface area contributed by atoms with Gasteiger partial charge in [0.1, 0.15) is 12.2 Å². The molecule has 0 radical (unpaired) electrons. The minimum Gasteiger partial charge on any atom is -0.481 e. The lowest BCUT2D eigenvalue weighted by molar-refractivity contribution is -0.136. The fourth-order valence-electron chi connectivity index (χ4n) is 3.02. The Bertz CT molecular complexity index is 881. The fourth-order valence-corrected chi connectivity index (χ4v) is 3.02. The van der Waals surface area contributed by atoms with Gasteiger partial charge in [0, 0.05) is 18.4 Å². The molecule has 1 aromatic carbocycles. The van der Waals surface area contributed by atoms with Crippen LogP contribution in [0.1, 0.15) is 17.0 Å². The van der Waals surface area contributed by atoms with E-state index in [1.165, 1.54) is 11.1 Å². The van der Waals surface area contributed by atoms with Crippen LogP contribution < -0.4 is 5.32 Å². The number of aliphatic carboxylic acids is 1. The van der Waals surface area contributed by atoms with Gasteiger partial charge >= 0.3 is 5.97 Å². The van der Waals surface area contributed by atoms with Crippen LogP contribution in [-0.2, 0) is 24.1 Å². The summed E-state index contributed by atoms with van der Waals surface area (Å²) in [6, 6.07) is 8.71. The van der Waals surface area contributed by atoms with Crippen molar-refractivity contribution in [1.29, 1.82) is 0 Å². The Morgan fingerprint density at radius 2 is 1.84 bits per heavy atom. The van der Waals surface area contributed by atoms with Crippen molar-refractivity contribution in [3.63, 3.8) is 0 Å². The number of aromatic amines is 1. The van der Waals surface area contributed by atoms with Crippen LogP contribution in [0.2, 0.25) is 0 Å². The van der Waals surface area contributed by atoms with Crippen LogP contribution in [0, 0.1) is 0 Å². The van der Waals surface area contributed by atoms with Crippen molar-refractivity contribution in [2.24, 2.45) is 0 Å². The van der Waals surface area contributed by atoms with E-state index in [1.54, 1.807) is 12.4 Å². The number of hydrogen-bond acceptors (Lipinski definition) is 6. The zero-order valence-corrected chi connectivity index (χ0v) is 13.3. The standard InChI is InChI=1S/C17H16N6O2/c24-15(25)7-14-21-16(23-22-14)12-8-18-17(19-9-12)20-13-5-10-3-1-2-4-11(10)6-13/h1-4,8-9,13H,5-7H2,(H,24,25)(H,18,19,20)(H,21,22,23). The van der Waals surface area contributed by atoms with Gasteiger partial charge in [0.25, 0.3) is 0 Å². The second kappa shape index (κ2) is 6.31. The average molecular weight is 336 g/mol. The third-order valence-electron chi connectivity index (χ3n) is 4.16. The molecule has 1 aliphatic carbocycles. The van der Waals surface area contributed by atoms with E-state index in [1.807, 2.05) is 0 Å². The summed E-state index contributed by atoms with van der Waals surface area (Å²) in [6.45, 7) is 0. The predicted molar refractivity (Wildman–Crippen MR) is 90.0 cm³/mol. The van der Waals surface area contributed by atoms with Crippen molar-refractivity contribution in [2.45, 2.75) is 25.3 Å². The first-order chi connectivity index (χ1) is 12.2. The van der Waals surface area contributed by atoms with Crippen LogP contribution in [0.5, 0.6) is 0 Å². The predicted octanol–water partition coefficient (Wildman–Crippen LogP) is 1.47. The van der Waals surface area contributed by atoms with Gasteiger partial charge in [0.05, 0.1) is 5.56 Å². The maximum atomic E-state index is 10.7. The molecule has 8 nitrogen and oxygen atoms in total. The second-order valence-electron chi connectivity index (χ2n) is 6.00. The van der Waals surface area contributed by atoms with Crippen molar-refractivity contribution in [2.75, 3.05) is 5.32 Å². The first-order valence-electron chi connectivity index (χ1n) is 7.96. The molecule has 3 aromatic rings. The molecule has 2 aromatic heterocycles. The number of nitrogens with zero attached hydrogens (tertiary/aromatic N) is 4. The van der Waals surface area contributed by atoms with E-state index in [9.17, 15) is 4.79 Å². The van der Waals surface area contributed by atoms with Crippen molar-refractivity contribution in [3.8, 4) is 11.4 Å². The van der Waals surface area contributed by atoms with E-state index in [-0.39, 0.29) is 12.5 Å². The number of aromatic nitrogens is 5. The largest absolute Gasteiger partial charge is 0.481 e. The Balaban J connectivity index is 1.42. The van der Waals surface area contributed by atoms with Gasteiger partial charge in [-0.15, -0.1) is 10.2 Å². The van der Waals surface area contributed by atoms with Gasteiger partial charge < -0.3 is 15.4 Å². The summed E-state index contributed by atoms with van der Waals surface area (Å²) in [4.78, 5) is 22.2. The number of hydrogen-bond donors (Lipinski definition) is 3. The topological polar surface area (TPSA) is 117 Å². The molecule has 0 amide bonds. The first-order valence-corrected chi connectivity index (χ1v) is 7.96. The number of carbonyl (C=O) groups is 1. The third-order valence-corrected chi connectivity index (χ3v) is 4.16. The lowest BCUT2D eigenvalue weighted by atomic mass is 10.1. The van der Waals surface area contributed by atoms with Gasteiger partial charge in [0.2, 0.25) is 5.95 Å². The highest BCUT2D eigenvalue weighted by Gasteiger charge is 2.21. The van der Waals surface area contributed by atoms with Gasteiger partial charge in [-0.3, -0.25) is 4.79 Å². The van der Waals surface area contributed by atoms with Gasteiger partial charge in [0.15, 0.2) is 5.82 Å². The minimum atomic E-state index is -0.962. The Morgan fingerprint density at radius 1 is 1.16 bits per heavy atom. The molecule has 0 spiro atoms. The zero-order valence-electron chi connectivity index (χ0n) is 13.3. The van der Waals surface area contributed by atoms with E-state index in [4.69, 9.17) is 5.11 Å². The number of nitrogens with one attached hydrogen (secondary N) is 2. The van der Waals surface area contributed by atoms with E-state index >= 15 is 0 Å². The number of fused-ring (bicyclic) bond motifs is 1. The molecule has 1 aliphatic rings. The summed E-state index contributed by atoms with van der Waals surface area (Å²) in [7, 11) is 0. The van der Waals surface area contributed by atoms with Crippen molar-refractivity contribution in [1.82, 2.24) is 25.1 Å². The van der Waals surface area contributed by atoms with Crippen LogP contribution in [0.15, 0.2) is 36.7 Å². The summed E-state index contributed by atoms with van der Waals surface area (Å²) < 4.78 is 0. The van der Waals surface area contributed by atoms with Crippen molar-refractivity contribution >= 4 is 11.9 Å². The summed E-state index contributed by atoms with van der Waals surface area (Å²) in [5.74, 6) is 0.354. The summed E-state index contributed by atoms with van der Waals surface area (Å²) in [5.41, 5.74) is 3.39. The Kier molecular flexibility index (Phi) is 3.85. The Labute approximate surface area is 143 Å². The molecule has 0 fully saturated rings. The van der Waals surface area contributed by atoms with Crippen molar-refractivity contribution in [3.05, 3.63) is 53.6 Å². The number of carboxylic acid groups (broad SMARTS) is 1. The summed E-state index contributed by atoms with van der Waals surface area (Å²) in [6.07, 6.45) is 5.00. The molecule has 126 valence electrons. The maximum Gasteiger partial charge on any atom is 0.311 e. The molecule has 0 bridgehead atoms. The molecule has 0 unspecified atom stereocenters. The van der Waals surface area contributed by atoms with Crippen LogP contribution >= 0.6 is 0 Å². The SMILES string of the molecule is O=C(O)Cc1nnc(-c2cnc(NC3Cc4ccccc4C3)nc2)[nH]1. The highest BCUT2D eigenvalue weighted by atomic mass is 16.4. The highest BCUT2D eigenvalue weighted by Crippen LogP contribution is 2.23. The number of carboxylic acids is 1. The van der Waals surface area contributed by atoms with Crippen LogP contribution in [-0.4, -0.2) is 42.3 Å². The molecule has 2 heterocycles. The van der Waals surface area contributed by atoms with Crippen LogP contribution in [0.3, 0.4) is 0 Å². The maximum absolute atomic E-state index is 10.7. The fraction of sp³-hybridized carbons (Fsp3) is 0.235. The van der Waals surface area contributed by atoms with Crippen LogP contribution in [0.25, 0.3) is 11.4 Å². The number of H-pyrrole nitrogens is 1. The monoisotopic (exact) mass is 336 g/mol. The molecule has 4 rings (SSSR count). The summed E-state index contributed by atoms with van der Waals surface area (Å²) in [5, 5.41) is 19.8. The smallest absolute Gasteiger partial charge is 0.311 e. The molecule has 0 atom stereocenters. The molecule has 0 saturated carbocycles. The van der Waals surface area contributed by atoms with E-state index in [0.29, 0.717) is 23.2 Å². The molecule has 0 aliphatic heterocycles. The molecule has 0 saturated heterocycles. The van der Waals surface area contributed by atoms with E-state index < -0.39 is 5.97 Å². The van der Waals surface area contributed by atoms with Crippen LogP contribution in [0.4, 0.5) is 5.95 Å². The molecular formula is C17H16N6O2. The van der Waals surface area contributed by atoms with E-state index in [0.717, 1.165) is 12.8 Å². The molecule has 8 heteroatoms. The normalized spacial score (nSPS) is 13.6. The molecule has 25 heavy (non-hydrogen) atoms. The third kappa shape index (κ3) is 3.32. The van der Waals surface area contributed by atoms with E-state index in [2.05, 4.69) is 54.7 Å². The molecule has 3 N–H and O–H groups in total. The number of rotatable bonds is 5. The quantitative estimate of drug-likeness (QED) is 0.646. The molecular weight excluding hydrogens is 320 g/mol. The summed E-state index contributed by atoms with van der Waals surface area (Å²) >= 11 is 0. The number of benzene rings is 1. The Morgan fingerprint density at radius 3 is 2.48 bits per heavy atom.